The van der Waals surface area contributed by atoms with E-state index < -0.39 is 32.5 Å². The van der Waals surface area contributed by atoms with Crippen molar-refractivity contribution in [1.29, 1.82) is 0 Å². The predicted octanol–water partition coefficient (Wildman–Crippen LogP) is 11.7. The van der Waals surface area contributed by atoms with E-state index in [1.165, 1.54) is 148 Å². The molecule has 0 aromatic carbocycles. The largest absolute Gasteiger partial charge is 0.469 e. The summed E-state index contributed by atoms with van der Waals surface area (Å²) in [4.78, 5) is 42.6. The Bertz CT molecular complexity index is 741. The number of phosphoric acid groups is 1. The molecule has 0 aliphatic rings. The van der Waals surface area contributed by atoms with Crippen LogP contribution >= 0.6 is 7.82 Å². The molecule has 0 rings (SSSR count). The maximum Gasteiger partial charge on any atom is 0.469 e. The van der Waals surface area contributed by atoms with Gasteiger partial charge in [0.15, 0.2) is 6.10 Å². The number of rotatable bonds is 37. The molecular weight excluding hydrogens is 615 g/mol. The molecule has 2 N–H and O–H groups in total. The SMILES string of the molecule is CCCCCCCCCCCCCCCCCCCCCCCC(=O)O[C@H](COC(=O)CCCCCCCCCC)COP(=O)(O)O. The fraction of sp³-hybridized carbons (Fsp3) is 0.947. The molecule has 0 aromatic heterocycles. The molecule has 9 heteroatoms. The Morgan fingerprint density at radius 2 is 0.766 bits per heavy atom. The highest BCUT2D eigenvalue weighted by molar-refractivity contribution is 7.46. The standard InChI is InChI=1S/C38H75O8P/c1-3-5-7-9-11-13-14-15-16-17-18-19-20-21-22-23-24-25-27-29-31-33-38(40)46-36(35-45-47(41,42)43)34-44-37(39)32-30-28-26-12-10-8-6-4-2/h36H,3-35H2,1-2H3,(H2,41,42,43)/t36-/m1/s1. The van der Waals surface area contributed by atoms with Gasteiger partial charge < -0.3 is 19.3 Å². The minimum absolute atomic E-state index is 0.220. The summed E-state index contributed by atoms with van der Waals surface area (Å²) in [6.45, 7) is 3.67. The number of ether oxygens (including phenoxy) is 2. The van der Waals surface area contributed by atoms with Crippen LogP contribution in [0, 0.1) is 0 Å². The smallest absolute Gasteiger partial charge is 0.462 e. The lowest BCUT2D eigenvalue weighted by molar-refractivity contribution is -0.161. The number of carbonyl (C=O) groups is 2. The van der Waals surface area contributed by atoms with Crippen molar-refractivity contribution < 1.29 is 37.9 Å². The number of unbranched alkanes of at least 4 members (excludes halogenated alkanes) is 27. The van der Waals surface area contributed by atoms with Gasteiger partial charge in [-0.1, -0.05) is 187 Å². The molecular formula is C38H75O8P. The molecule has 0 unspecified atom stereocenters. The molecule has 1 atom stereocenters. The lowest BCUT2D eigenvalue weighted by Gasteiger charge is -2.18. The van der Waals surface area contributed by atoms with E-state index in [9.17, 15) is 14.2 Å². The summed E-state index contributed by atoms with van der Waals surface area (Å²) in [6, 6.07) is 0. The molecule has 0 bridgehead atoms. The van der Waals surface area contributed by atoms with Gasteiger partial charge >= 0.3 is 19.8 Å². The van der Waals surface area contributed by atoms with Crippen molar-refractivity contribution in [2.45, 2.75) is 219 Å². The van der Waals surface area contributed by atoms with Crippen molar-refractivity contribution in [2.24, 2.45) is 0 Å². The van der Waals surface area contributed by atoms with Crippen LogP contribution < -0.4 is 0 Å². The molecule has 0 heterocycles. The van der Waals surface area contributed by atoms with E-state index in [1.807, 2.05) is 0 Å². The third kappa shape index (κ3) is 37.7. The van der Waals surface area contributed by atoms with Crippen LogP contribution in [0.2, 0.25) is 0 Å². The molecule has 0 amide bonds. The summed E-state index contributed by atoms with van der Waals surface area (Å²) in [5, 5.41) is 0. The molecule has 0 aromatic rings. The lowest BCUT2D eigenvalue weighted by Crippen LogP contribution is -2.29. The van der Waals surface area contributed by atoms with E-state index in [0.717, 1.165) is 32.1 Å². The summed E-state index contributed by atoms with van der Waals surface area (Å²) >= 11 is 0. The second kappa shape index (κ2) is 34.9. The molecule has 0 radical (unpaired) electrons. The van der Waals surface area contributed by atoms with Crippen LogP contribution in [0.25, 0.3) is 0 Å². The van der Waals surface area contributed by atoms with Crippen LogP contribution in [0.15, 0.2) is 0 Å². The maximum absolute atomic E-state index is 12.3. The highest BCUT2D eigenvalue weighted by atomic mass is 31.2. The summed E-state index contributed by atoms with van der Waals surface area (Å²) < 4.78 is 26.2. The number of hydrogen-bond acceptors (Lipinski definition) is 6. The molecule has 8 nitrogen and oxygen atoms in total. The average Bonchev–Trinajstić information content (AvgIpc) is 3.04. The van der Waals surface area contributed by atoms with Crippen LogP contribution in [0.1, 0.15) is 213 Å². The van der Waals surface area contributed by atoms with E-state index in [2.05, 4.69) is 18.4 Å². The third-order valence-electron chi connectivity index (χ3n) is 8.88. The van der Waals surface area contributed by atoms with E-state index in [-0.39, 0.29) is 19.4 Å². The lowest BCUT2D eigenvalue weighted by atomic mass is 10.0. The van der Waals surface area contributed by atoms with Crippen molar-refractivity contribution in [3.8, 4) is 0 Å². The van der Waals surface area contributed by atoms with Gasteiger partial charge in [0.2, 0.25) is 0 Å². The molecule has 0 spiro atoms. The van der Waals surface area contributed by atoms with Crippen LogP contribution in [0.4, 0.5) is 0 Å². The Kier molecular flexibility index (Phi) is 34.2. The summed E-state index contributed by atoms with van der Waals surface area (Å²) in [5.74, 6) is -0.876. The van der Waals surface area contributed by atoms with E-state index in [0.29, 0.717) is 6.42 Å². The first-order valence-corrected chi connectivity index (χ1v) is 21.4. The van der Waals surface area contributed by atoms with Crippen LogP contribution in [0.3, 0.4) is 0 Å². The fourth-order valence-corrected chi connectivity index (χ4v) is 6.26. The zero-order valence-electron chi connectivity index (χ0n) is 30.7. The van der Waals surface area contributed by atoms with Gasteiger partial charge in [0, 0.05) is 12.8 Å². The van der Waals surface area contributed by atoms with Gasteiger partial charge in [-0.3, -0.25) is 14.1 Å². The molecule has 0 aliphatic heterocycles. The number of phosphoric ester groups is 1. The molecule has 47 heavy (non-hydrogen) atoms. The predicted molar refractivity (Wildman–Crippen MR) is 193 cm³/mol. The van der Waals surface area contributed by atoms with Crippen molar-refractivity contribution in [2.75, 3.05) is 13.2 Å². The first kappa shape index (κ1) is 46.0. The fourth-order valence-electron chi connectivity index (χ4n) is 5.90. The Hall–Kier alpha value is -0.950. The van der Waals surface area contributed by atoms with Gasteiger partial charge in [0.25, 0.3) is 0 Å². The van der Waals surface area contributed by atoms with Crippen LogP contribution in [0.5, 0.6) is 0 Å². The van der Waals surface area contributed by atoms with Crippen molar-refractivity contribution in [3.05, 3.63) is 0 Å². The average molecular weight is 691 g/mol. The zero-order chi connectivity index (χ0) is 34.7. The Morgan fingerprint density at radius 1 is 0.468 bits per heavy atom. The van der Waals surface area contributed by atoms with E-state index in [1.54, 1.807) is 0 Å². The number of esters is 2. The van der Waals surface area contributed by atoms with Crippen molar-refractivity contribution >= 4 is 19.8 Å². The quantitative estimate of drug-likeness (QED) is 0.0375. The van der Waals surface area contributed by atoms with Crippen molar-refractivity contribution in [3.63, 3.8) is 0 Å². The Labute approximate surface area is 289 Å². The van der Waals surface area contributed by atoms with Crippen LogP contribution in [-0.4, -0.2) is 41.0 Å². The summed E-state index contributed by atoms with van der Waals surface area (Å²) in [7, 11) is -4.74. The molecule has 0 aliphatic carbocycles. The van der Waals surface area contributed by atoms with E-state index in [4.69, 9.17) is 19.3 Å². The molecule has 0 fully saturated rings. The Morgan fingerprint density at radius 3 is 1.09 bits per heavy atom. The monoisotopic (exact) mass is 691 g/mol. The summed E-state index contributed by atoms with van der Waals surface area (Å²) in [6.07, 6.45) is 35.6. The van der Waals surface area contributed by atoms with E-state index >= 15 is 0 Å². The second-order valence-electron chi connectivity index (χ2n) is 13.6. The molecule has 0 saturated carbocycles. The minimum Gasteiger partial charge on any atom is -0.462 e. The molecule has 0 saturated heterocycles. The van der Waals surface area contributed by atoms with Gasteiger partial charge in [0.05, 0.1) is 6.61 Å². The number of hydrogen-bond donors (Lipinski definition) is 2. The van der Waals surface area contributed by atoms with Gasteiger partial charge in [0.1, 0.15) is 6.61 Å². The zero-order valence-corrected chi connectivity index (χ0v) is 31.6. The Balaban J connectivity index is 3.78. The van der Waals surface area contributed by atoms with Crippen LogP contribution in [-0.2, 0) is 28.2 Å². The number of carbonyl (C=O) groups excluding carboxylic acids is 2. The maximum atomic E-state index is 12.3. The summed E-state index contributed by atoms with van der Waals surface area (Å²) in [5.41, 5.74) is 0. The van der Waals surface area contributed by atoms with Crippen molar-refractivity contribution in [1.82, 2.24) is 0 Å². The third-order valence-corrected chi connectivity index (χ3v) is 9.36. The van der Waals surface area contributed by atoms with Gasteiger partial charge in [-0.25, -0.2) is 4.57 Å². The second-order valence-corrected chi connectivity index (χ2v) is 14.9. The minimum atomic E-state index is -4.74. The highest BCUT2D eigenvalue weighted by Crippen LogP contribution is 2.36. The van der Waals surface area contributed by atoms with Gasteiger partial charge in [-0.05, 0) is 12.8 Å². The first-order chi connectivity index (χ1) is 22.8. The topological polar surface area (TPSA) is 119 Å². The van der Waals surface area contributed by atoms with Gasteiger partial charge in [-0.15, -0.1) is 0 Å². The normalized spacial score (nSPS) is 12.3. The molecule has 280 valence electrons. The highest BCUT2D eigenvalue weighted by Gasteiger charge is 2.22. The van der Waals surface area contributed by atoms with Gasteiger partial charge in [-0.2, -0.15) is 0 Å². The first-order valence-electron chi connectivity index (χ1n) is 19.8.